The first-order chi connectivity index (χ1) is 9.25. The van der Waals surface area contributed by atoms with Crippen LogP contribution in [-0.2, 0) is 6.54 Å². The van der Waals surface area contributed by atoms with Crippen LogP contribution in [0.4, 0.5) is 5.69 Å². The van der Waals surface area contributed by atoms with Gasteiger partial charge in [0, 0.05) is 18.7 Å². The Morgan fingerprint density at radius 1 is 1.58 bits per heavy atom. The molecule has 8 nitrogen and oxygen atoms in total. The summed E-state index contributed by atoms with van der Waals surface area (Å²) in [5.74, 6) is 0.185. The molecule has 0 aromatic carbocycles. The normalized spacial score (nSPS) is 14.5. The van der Waals surface area contributed by atoms with E-state index >= 15 is 0 Å². The minimum absolute atomic E-state index is 0.263. The summed E-state index contributed by atoms with van der Waals surface area (Å²) in [4.78, 5) is 11.9. The van der Waals surface area contributed by atoms with Crippen LogP contribution in [-0.4, -0.2) is 37.6 Å². The van der Waals surface area contributed by atoms with E-state index in [1.165, 1.54) is 0 Å². The van der Waals surface area contributed by atoms with Crippen molar-refractivity contribution in [1.29, 1.82) is 0 Å². The Kier molecular flexibility index (Phi) is 2.90. The fraction of sp³-hybridized carbons (Fsp3) is 0.455. The van der Waals surface area contributed by atoms with Gasteiger partial charge >= 0.3 is 0 Å². The molecule has 1 amide bonds. The SMILES string of the molecule is Nc1c(C(=O)NCCn2ccnn2)n[nH]c1C1CC1. The highest BCUT2D eigenvalue weighted by Crippen LogP contribution is 2.42. The minimum atomic E-state index is -0.263. The molecule has 0 unspecified atom stereocenters. The summed E-state index contributed by atoms with van der Waals surface area (Å²) in [6.07, 6.45) is 5.55. The van der Waals surface area contributed by atoms with Crippen molar-refractivity contribution in [3.05, 3.63) is 23.8 Å². The Morgan fingerprint density at radius 2 is 2.42 bits per heavy atom. The fourth-order valence-electron chi connectivity index (χ4n) is 1.94. The quantitative estimate of drug-likeness (QED) is 0.694. The van der Waals surface area contributed by atoms with Crippen molar-refractivity contribution in [3.63, 3.8) is 0 Å². The fourth-order valence-corrected chi connectivity index (χ4v) is 1.94. The molecule has 0 aliphatic heterocycles. The maximum atomic E-state index is 11.9. The van der Waals surface area contributed by atoms with Gasteiger partial charge in [-0.15, -0.1) is 5.10 Å². The number of nitrogens with zero attached hydrogens (tertiary/aromatic N) is 4. The van der Waals surface area contributed by atoms with Crippen molar-refractivity contribution in [1.82, 2.24) is 30.5 Å². The number of nitrogens with one attached hydrogen (secondary N) is 2. The average Bonchev–Trinajstić information content (AvgIpc) is 2.96. The van der Waals surface area contributed by atoms with Crippen molar-refractivity contribution in [2.75, 3.05) is 12.3 Å². The lowest BCUT2D eigenvalue weighted by molar-refractivity contribution is 0.0947. The van der Waals surface area contributed by atoms with E-state index in [-0.39, 0.29) is 11.6 Å². The van der Waals surface area contributed by atoms with Crippen LogP contribution in [0.15, 0.2) is 12.4 Å². The predicted octanol–water partition coefficient (Wildman–Crippen LogP) is -0.109. The zero-order valence-corrected chi connectivity index (χ0v) is 10.3. The van der Waals surface area contributed by atoms with Crippen LogP contribution in [0.2, 0.25) is 0 Å². The number of amides is 1. The molecule has 2 aromatic heterocycles. The van der Waals surface area contributed by atoms with Gasteiger partial charge in [-0.2, -0.15) is 5.10 Å². The van der Waals surface area contributed by atoms with Gasteiger partial charge in [0.2, 0.25) is 0 Å². The van der Waals surface area contributed by atoms with E-state index in [0.29, 0.717) is 24.7 Å². The van der Waals surface area contributed by atoms with E-state index in [9.17, 15) is 4.79 Å². The maximum Gasteiger partial charge on any atom is 0.274 e. The zero-order chi connectivity index (χ0) is 13.2. The van der Waals surface area contributed by atoms with E-state index in [1.54, 1.807) is 17.1 Å². The van der Waals surface area contributed by atoms with Crippen LogP contribution < -0.4 is 11.1 Å². The Bertz CT molecular complexity index is 570. The van der Waals surface area contributed by atoms with Crippen molar-refractivity contribution in [2.45, 2.75) is 25.3 Å². The second-order valence-electron chi connectivity index (χ2n) is 4.60. The number of nitrogen functional groups attached to an aromatic ring is 1. The van der Waals surface area contributed by atoms with Gasteiger partial charge in [-0.3, -0.25) is 14.6 Å². The van der Waals surface area contributed by atoms with E-state index in [1.807, 2.05) is 0 Å². The second-order valence-corrected chi connectivity index (χ2v) is 4.60. The molecule has 0 atom stereocenters. The van der Waals surface area contributed by atoms with Crippen LogP contribution in [0.5, 0.6) is 0 Å². The molecule has 0 spiro atoms. The zero-order valence-electron chi connectivity index (χ0n) is 10.3. The third-order valence-corrected chi connectivity index (χ3v) is 3.13. The molecule has 1 saturated carbocycles. The molecule has 100 valence electrons. The molecule has 0 radical (unpaired) electrons. The van der Waals surface area contributed by atoms with Crippen molar-refractivity contribution < 1.29 is 4.79 Å². The first-order valence-electron chi connectivity index (χ1n) is 6.21. The summed E-state index contributed by atoms with van der Waals surface area (Å²) >= 11 is 0. The molecule has 0 saturated heterocycles. The number of anilines is 1. The summed E-state index contributed by atoms with van der Waals surface area (Å²) in [6, 6.07) is 0. The van der Waals surface area contributed by atoms with Gasteiger partial charge in [0.15, 0.2) is 5.69 Å². The largest absolute Gasteiger partial charge is 0.395 e. The smallest absolute Gasteiger partial charge is 0.274 e. The molecule has 0 bridgehead atoms. The van der Waals surface area contributed by atoms with Gasteiger partial charge in [0.25, 0.3) is 5.91 Å². The third kappa shape index (κ3) is 2.42. The highest BCUT2D eigenvalue weighted by molar-refractivity contribution is 5.97. The van der Waals surface area contributed by atoms with E-state index < -0.39 is 0 Å². The molecule has 1 fully saturated rings. The standard InChI is InChI=1S/C11H15N7O/c12-8-9(7-1-2-7)15-16-10(8)11(19)13-3-5-18-6-4-14-17-18/h4,6-7H,1-3,5,12H2,(H,13,19)(H,15,16). The minimum Gasteiger partial charge on any atom is -0.395 e. The average molecular weight is 261 g/mol. The van der Waals surface area contributed by atoms with Crippen LogP contribution in [0.25, 0.3) is 0 Å². The molecule has 19 heavy (non-hydrogen) atoms. The predicted molar refractivity (Wildman–Crippen MR) is 67.3 cm³/mol. The number of hydrogen-bond donors (Lipinski definition) is 3. The topological polar surface area (TPSA) is 115 Å². The van der Waals surface area contributed by atoms with E-state index in [4.69, 9.17) is 5.73 Å². The number of H-pyrrole nitrogens is 1. The third-order valence-electron chi connectivity index (χ3n) is 3.13. The highest BCUT2D eigenvalue weighted by Gasteiger charge is 2.30. The van der Waals surface area contributed by atoms with Crippen molar-refractivity contribution in [3.8, 4) is 0 Å². The number of nitrogens with two attached hydrogens (primary N) is 1. The number of carbonyl (C=O) groups is 1. The van der Waals surface area contributed by atoms with Crippen LogP contribution in [0, 0.1) is 0 Å². The van der Waals surface area contributed by atoms with E-state index in [0.717, 1.165) is 18.5 Å². The molecule has 1 aliphatic carbocycles. The van der Waals surface area contributed by atoms with Crippen molar-refractivity contribution in [2.24, 2.45) is 0 Å². The number of rotatable bonds is 5. The van der Waals surface area contributed by atoms with Gasteiger partial charge in [0.05, 0.1) is 24.1 Å². The summed E-state index contributed by atoms with van der Waals surface area (Å²) in [5.41, 5.74) is 7.57. The Balaban J connectivity index is 1.57. The van der Waals surface area contributed by atoms with Gasteiger partial charge in [-0.25, -0.2) is 0 Å². The van der Waals surface area contributed by atoms with Gasteiger partial charge in [-0.05, 0) is 12.8 Å². The van der Waals surface area contributed by atoms with Gasteiger partial charge < -0.3 is 11.1 Å². The summed E-state index contributed by atoms with van der Waals surface area (Å²) < 4.78 is 1.64. The molecule has 8 heteroatoms. The lowest BCUT2D eigenvalue weighted by Crippen LogP contribution is -2.28. The number of aromatic nitrogens is 5. The Hall–Kier alpha value is -2.38. The number of carbonyl (C=O) groups excluding carboxylic acids is 1. The van der Waals surface area contributed by atoms with Crippen molar-refractivity contribution >= 4 is 11.6 Å². The maximum absolute atomic E-state index is 11.9. The first-order valence-corrected chi connectivity index (χ1v) is 6.21. The van der Waals surface area contributed by atoms with E-state index in [2.05, 4.69) is 25.8 Å². The highest BCUT2D eigenvalue weighted by atomic mass is 16.1. The van der Waals surface area contributed by atoms with Crippen LogP contribution >= 0.6 is 0 Å². The molecule has 1 aliphatic rings. The summed E-state index contributed by atoms with van der Waals surface area (Å²) in [5, 5.41) is 17.1. The van der Waals surface area contributed by atoms with Crippen LogP contribution in [0.1, 0.15) is 34.9 Å². The lowest BCUT2D eigenvalue weighted by Gasteiger charge is -2.03. The molecule has 2 heterocycles. The molecule has 2 aromatic rings. The Labute approximate surface area is 109 Å². The monoisotopic (exact) mass is 261 g/mol. The summed E-state index contributed by atoms with van der Waals surface area (Å²) in [6.45, 7) is 1.01. The van der Waals surface area contributed by atoms with Gasteiger partial charge in [0.1, 0.15) is 0 Å². The molecular formula is C11H15N7O. The summed E-state index contributed by atoms with van der Waals surface area (Å²) in [7, 11) is 0. The number of aromatic amines is 1. The van der Waals surface area contributed by atoms with Crippen LogP contribution in [0.3, 0.4) is 0 Å². The second kappa shape index (κ2) is 4.71. The lowest BCUT2D eigenvalue weighted by atomic mass is 10.2. The molecular weight excluding hydrogens is 246 g/mol. The molecule has 4 N–H and O–H groups in total. The Morgan fingerprint density at radius 3 is 3.11 bits per heavy atom. The molecule has 3 rings (SSSR count). The van der Waals surface area contributed by atoms with Gasteiger partial charge in [-0.1, -0.05) is 5.21 Å². The first kappa shape index (κ1) is 11.7. The number of hydrogen-bond acceptors (Lipinski definition) is 5.